The molecule has 0 aliphatic heterocycles. The lowest BCUT2D eigenvalue weighted by molar-refractivity contribution is 1.07. The van der Waals surface area contributed by atoms with Crippen LogP contribution in [0.1, 0.15) is 5.69 Å². The van der Waals surface area contributed by atoms with Crippen molar-refractivity contribution in [1.29, 1.82) is 0 Å². The Balaban J connectivity index is 1.52. The number of nitrogens with zero attached hydrogens (tertiary/aromatic N) is 5. The summed E-state index contributed by atoms with van der Waals surface area (Å²) in [5.74, 6) is 0. The van der Waals surface area contributed by atoms with E-state index in [1.807, 2.05) is 60.4 Å². The predicted octanol–water partition coefficient (Wildman–Crippen LogP) is 4.66. The van der Waals surface area contributed by atoms with Crippen LogP contribution < -0.4 is 0 Å². The van der Waals surface area contributed by atoms with Gasteiger partial charge in [-0.05, 0) is 49.4 Å². The number of fused-ring (bicyclic) bond motifs is 2. The Labute approximate surface area is 171 Å². The minimum atomic E-state index is 0.784. The van der Waals surface area contributed by atoms with Gasteiger partial charge in [0.1, 0.15) is 11.2 Å². The second kappa shape index (κ2) is 6.38. The largest absolute Gasteiger partial charge is 0.353 e. The standard InChI is InChI=1S/C23H17N7/c1-14-12-30(13-25-14)21-7-4-6-16-15(21)11-20(26-16)23-22-19(28-29-23)9-8-18(27-22)17-5-2-3-10-24-17/h2-13,26H,1H3,(H,28,29). The molecule has 5 heterocycles. The van der Waals surface area contributed by atoms with Crippen molar-refractivity contribution in [3.63, 3.8) is 0 Å². The van der Waals surface area contributed by atoms with Gasteiger partial charge in [0.25, 0.3) is 0 Å². The molecule has 0 radical (unpaired) electrons. The Morgan fingerprint density at radius 3 is 2.70 bits per heavy atom. The van der Waals surface area contributed by atoms with E-state index in [0.717, 1.165) is 56.1 Å². The molecular formula is C23H17N7. The van der Waals surface area contributed by atoms with Crippen LogP contribution in [0.5, 0.6) is 0 Å². The highest BCUT2D eigenvalue weighted by atomic mass is 15.1. The molecule has 7 heteroatoms. The molecule has 0 saturated heterocycles. The molecule has 0 atom stereocenters. The van der Waals surface area contributed by atoms with Crippen LogP contribution in [0.15, 0.2) is 73.3 Å². The maximum atomic E-state index is 4.84. The molecule has 0 aliphatic rings. The number of pyridine rings is 2. The summed E-state index contributed by atoms with van der Waals surface area (Å²) in [5.41, 5.74) is 8.12. The van der Waals surface area contributed by atoms with E-state index < -0.39 is 0 Å². The van der Waals surface area contributed by atoms with Gasteiger partial charge in [-0.25, -0.2) is 9.97 Å². The molecule has 0 unspecified atom stereocenters. The van der Waals surface area contributed by atoms with Crippen molar-refractivity contribution in [3.8, 4) is 28.5 Å². The smallest absolute Gasteiger partial charge is 0.135 e. The number of hydrogen-bond donors (Lipinski definition) is 2. The van der Waals surface area contributed by atoms with E-state index in [1.54, 1.807) is 6.20 Å². The molecule has 30 heavy (non-hydrogen) atoms. The Morgan fingerprint density at radius 2 is 1.87 bits per heavy atom. The van der Waals surface area contributed by atoms with Crippen LogP contribution in [0.4, 0.5) is 0 Å². The minimum Gasteiger partial charge on any atom is -0.353 e. The summed E-state index contributed by atoms with van der Waals surface area (Å²) in [5, 5.41) is 8.73. The molecule has 6 rings (SSSR count). The molecule has 2 N–H and O–H groups in total. The first-order valence-corrected chi connectivity index (χ1v) is 9.66. The number of aryl methyl sites for hydroxylation is 1. The molecule has 0 fully saturated rings. The molecule has 0 aliphatic carbocycles. The summed E-state index contributed by atoms with van der Waals surface area (Å²) in [4.78, 5) is 17.1. The van der Waals surface area contributed by atoms with Gasteiger partial charge in [-0.15, -0.1) is 0 Å². The van der Waals surface area contributed by atoms with E-state index in [9.17, 15) is 0 Å². The number of H-pyrrole nitrogens is 2. The van der Waals surface area contributed by atoms with Gasteiger partial charge in [-0.1, -0.05) is 12.1 Å². The van der Waals surface area contributed by atoms with Crippen molar-refractivity contribution < 1.29 is 0 Å². The van der Waals surface area contributed by atoms with Gasteiger partial charge in [0.05, 0.1) is 40.3 Å². The van der Waals surface area contributed by atoms with Crippen LogP contribution in [0.25, 0.3) is 50.4 Å². The summed E-state index contributed by atoms with van der Waals surface area (Å²) in [7, 11) is 0. The van der Waals surface area contributed by atoms with Crippen LogP contribution in [0.3, 0.4) is 0 Å². The third kappa shape index (κ3) is 2.60. The zero-order valence-corrected chi connectivity index (χ0v) is 16.2. The van der Waals surface area contributed by atoms with Crippen molar-refractivity contribution >= 4 is 21.9 Å². The van der Waals surface area contributed by atoms with Gasteiger partial charge >= 0.3 is 0 Å². The highest BCUT2D eigenvalue weighted by molar-refractivity contribution is 5.97. The highest BCUT2D eigenvalue weighted by Gasteiger charge is 2.15. The Kier molecular flexibility index (Phi) is 3.55. The lowest BCUT2D eigenvalue weighted by atomic mass is 10.2. The molecule has 6 aromatic rings. The van der Waals surface area contributed by atoms with Gasteiger partial charge in [0.15, 0.2) is 0 Å². The number of aromatic amines is 2. The Morgan fingerprint density at radius 1 is 0.900 bits per heavy atom. The number of rotatable bonds is 3. The minimum absolute atomic E-state index is 0.784. The van der Waals surface area contributed by atoms with E-state index in [-0.39, 0.29) is 0 Å². The average Bonchev–Trinajstić information content (AvgIpc) is 3.51. The molecular weight excluding hydrogens is 374 g/mol. The lowest BCUT2D eigenvalue weighted by Crippen LogP contribution is -1.89. The van der Waals surface area contributed by atoms with E-state index in [2.05, 4.69) is 43.3 Å². The Bertz CT molecular complexity index is 1510. The molecule has 144 valence electrons. The van der Waals surface area contributed by atoms with Gasteiger partial charge in [-0.2, -0.15) is 5.10 Å². The van der Waals surface area contributed by atoms with Gasteiger partial charge in [-0.3, -0.25) is 10.1 Å². The monoisotopic (exact) mass is 391 g/mol. The summed E-state index contributed by atoms with van der Waals surface area (Å²) < 4.78 is 2.04. The zero-order chi connectivity index (χ0) is 20.1. The molecule has 5 aromatic heterocycles. The lowest BCUT2D eigenvalue weighted by Gasteiger charge is -2.03. The number of hydrogen-bond acceptors (Lipinski definition) is 4. The first-order chi connectivity index (χ1) is 14.8. The van der Waals surface area contributed by atoms with Crippen LogP contribution in [0.2, 0.25) is 0 Å². The third-order valence-corrected chi connectivity index (χ3v) is 5.22. The van der Waals surface area contributed by atoms with E-state index >= 15 is 0 Å². The van der Waals surface area contributed by atoms with Gasteiger partial charge < -0.3 is 9.55 Å². The fraction of sp³-hybridized carbons (Fsp3) is 0.0435. The van der Waals surface area contributed by atoms with Crippen molar-refractivity contribution in [2.75, 3.05) is 0 Å². The third-order valence-electron chi connectivity index (χ3n) is 5.22. The number of nitrogens with one attached hydrogen (secondary N) is 2. The van der Waals surface area contributed by atoms with E-state index in [1.165, 1.54) is 0 Å². The predicted molar refractivity (Wildman–Crippen MR) is 116 cm³/mol. The van der Waals surface area contributed by atoms with Crippen molar-refractivity contribution in [2.24, 2.45) is 0 Å². The first-order valence-electron chi connectivity index (χ1n) is 9.66. The fourth-order valence-corrected chi connectivity index (χ4v) is 3.79. The fourth-order valence-electron chi connectivity index (χ4n) is 3.79. The van der Waals surface area contributed by atoms with Crippen LogP contribution in [-0.4, -0.2) is 34.7 Å². The summed E-state index contributed by atoms with van der Waals surface area (Å²) >= 11 is 0. The summed E-state index contributed by atoms with van der Waals surface area (Å²) in [6.07, 6.45) is 5.63. The van der Waals surface area contributed by atoms with Gasteiger partial charge in [0, 0.05) is 23.3 Å². The Hall–Kier alpha value is -4.26. The number of imidazole rings is 1. The molecule has 0 spiro atoms. The highest BCUT2D eigenvalue weighted by Crippen LogP contribution is 2.31. The quantitative estimate of drug-likeness (QED) is 0.459. The normalized spacial score (nSPS) is 11.5. The average molecular weight is 391 g/mol. The van der Waals surface area contributed by atoms with Crippen LogP contribution >= 0.6 is 0 Å². The van der Waals surface area contributed by atoms with Crippen LogP contribution in [-0.2, 0) is 0 Å². The first kappa shape index (κ1) is 16.7. The molecule has 0 saturated carbocycles. The summed E-state index contributed by atoms with van der Waals surface area (Å²) in [6.45, 7) is 1.99. The molecule has 1 aromatic carbocycles. The zero-order valence-electron chi connectivity index (χ0n) is 16.2. The molecule has 7 nitrogen and oxygen atoms in total. The van der Waals surface area contributed by atoms with Crippen molar-refractivity contribution in [2.45, 2.75) is 6.92 Å². The topological polar surface area (TPSA) is 88.1 Å². The molecule has 0 amide bonds. The molecule has 0 bridgehead atoms. The van der Waals surface area contributed by atoms with Crippen molar-refractivity contribution in [1.82, 2.24) is 34.7 Å². The number of aromatic nitrogens is 7. The van der Waals surface area contributed by atoms with Gasteiger partial charge in [0.2, 0.25) is 0 Å². The summed E-state index contributed by atoms with van der Waals surface area (Å²) in [6, 6.07) is 18.1. The maximum Gasteiger partial charge on any atom is 0.135 e. The number of benzene rings is 1. The maximum absolute atomic E-state index is 4.84. The SMILES string of the molecule is Cc1cn(-c2cccc3[nH]c(-c4n[nH]c5ccc(-c6ccccn6)nc45)cc23)cn1. The second-order valence-corrected chi connectivity index (χ2v) is 7.22. The van der Waals surface area contributed by atoms with Crippen molar-refractivity contribution in [3.05, 3.63) is 79.0 Å². The second-order valence-electron chi connectivity index (χ2n) is 7.22. The van der Waals surface area contributed by atoms with Crippen LogP contribution in [0, 0.1) is 6.92 Å². The van der Waals surface area contributed by atoms with E-state index in [4.69, 9.17) is 4.98 Å². The van der Waals surface area contributed by atoms with E-state index in [0.29, 0.717) is 0 Å².